The molecule has 0 aromatic heterocycles. The normalized spacial score (nSPS) is 10.3. The van der Waals surface area contributed by atoms with Gasteiger partial charge in [0.1, 0.15) is 5.82 Å². The molecule has 0 bridgehead atoms. The van der Waals surface area contributed by atoms with E-state index in [-0.39, 0.29) is 10.7 Å². The molecule has 0 aliphatic heterocycles. The lowest BCUT2D eigenvalue weighted by Gasteiger charge is -2.10. The van der Waals surface area contributed by atoms with Gasteiger partial charge in [0, 0.05) is 5.69 Å². The van der Waals surface area contributed by atoms with Gasteiger partial charge in [-0.25, -0.2) is 9.18 Å². The van der Waals surface area contributed by atoms with Crippen molar-refractivity contribution in [3.8, 4) is 0 Å². The number of carbonyl (C=O) groups excluding carboxylic acids is 1. The van der Waals surface area contributed by atoms with Crippen LogP contribution in [0, 0.1) is 5.82 Å². The molecule has 2 N–H and O–H groups in total. The second-order valence-electron chi connectivity index (χ2n) is 4.98. The Labute approximate surface area is 134 Å². The number of rotatable bonds is 5. The molecule has 0 aliphatic carbocycles. The summed E-state index contributed by atoms with van der Waals surface area (Å²) < 4.78 is 13.6. The third kappa shape index (κ3) is 4.46. The number of amides is 2. The van der Waals surface area contributed by atoms with Gasteiger partial charge < -0.3 is 10.6 Å². The van der Waals surface area contributed by atoms with E-state index in [1.54, 1.807) is 0 Å². The third-order valence-electron chi connectivity index (χ3n) is 3.23. The summed E-state index contributed by atoms with van der Waals surface area (Å²) in [6, 6.07) is 11.3. The molecule has 2 aromatic carbocycles. The Balaban J connectivity index is 1.97. The molecule has 0 aliphatic rings. The SMILES string of the molecule is CCCCc1ccc(NC(=O)Nc2c(F)cccc2Cl)cc1. The number of hydrogen-bond donors (Lipinski definition) is 2. The smallest absolute Gasteiger partial charge is 0.308 e. The summed E-state index contributed by atoms with van der Waals surface area (Å²) in [7, 11) is 0. The summed E-state index contributed by atoms with van der Waals surface area (Å²) in [6.45, 7) is 2.15. The Hall–Kier alpha value is -2.07. The zero-order valence-corrected chi connectivity index (χ0v) is 13.1. The number of urea groups is 1. The van der Waals surface area contributed by atoms with Crippen LogP contribution in [0.25, 0.3) is 0 Å². The van der Waals surface area contributed by atoms with E-state index in [4.69, 9.17) is 11.6 Å². The molecule has 0 heterocycles. The number of anilines is 2. The van der Waals surface area contributed by atoms with E-state index in [0.717, 1.165) is 19.3 Å². The third-order valence-corrected chi connectivity index (χ3v) is 3.55. The molecule has 0 unspecified atom stereocenters. The average Bonchev–Trinajstić information content (AvgIpc) is 2.50. The van der Waals surface area contributed by atoms with Gasteiger partial charge in [0.25, 0.3) is 0 Å². The number of hydrogen-bond acceptors (Lipinski definition) is 1. The number of nitrogens with one attached hydrogen (secondary N) is 2. The van der Waals surface area contributed by atoms with E-state index >= 15 is 0 Å². The Kier molecular flexibility index (Phi) is 5.78. The van der Waals surface area contributed by atoms with Crippen molar-refractivity contribution in [2.24, 2.45) is 0 Å². The monoisotopic (exact) mass is 320 g/mol. The first-order valence-electron chi connectivity index (χ1n) is 7.21. The number of benzene rings is 2. The predicted molar refractivity (Wildman–Crippen MR) is 89.1 cm³/mol. The van der Waals surface area contributed by atoms with Gasteiger partial charge in [0.15, 0.2) is 0 Å². The van der Waals surface area contributed by atoms with Crippen LogP contribution in [0.4, 0.5) is 20.6 Å². The van der Waals surface area contributed by atoms with E-state index in [1.165, 1.54) is 23.8 Å². The maximum Gasteiger partial charge on any atom is 0.323 e. The molecule has 0 spiro atoms. The van der Waals surface area contributed by atoms with Crippen molar-refractivity contribution in [3.05, 3.63) is 58.9 Å². The molecule has 0 saturated heterocycles. The van der Waals surface area contributed by atoms with Crippen molar-refractivity contribution < 1.29 is 9.18 Å². The molecule has 0 fully saturated rings. The molecular formula is C17H18ClFN2O. The average molecular weight is 321 g/mol. The van der Waals surface area contributed by atoms with Crippen molar-refractivity contribution in [1.82, 2.24) is 0 Å². The first kappa shape index (κ1) is 16.3. The zero-order chi connectivity index (χ0) is 15.9. The highest BCUT2D eigenvalue weighted by atomic mass is 35.5. The van der Waals surface area contributed by atoms with Crippen molar-refractivity contribution in [2.45, 2.75) is 26.2 Å². The molecule has 2 amide bonds. The second kappa shape index (κ2) is 7.80. The first-order chi connectivity index (χ1) is 10.6. The lowest BCUT2D eigenvalue weighted by molar-refractivity contribution is 0.262. The maximum absolute atomic E-state index is 13.6. The molecular weight excluding hydrogens is 303 g/mol. The van der Waals surface area contributed by atoms with Gasteiger partial charge in [-0.15, -0.1) is 0 Å². The molecule has 2 aromatic rings. The van der Waals surface area contributed by atoms with Crippen LogP contribution in [-0.2, 0) is 6.42 Å². The summed E-state index contributed by atoms with van der Waals surface area (Å²) in [4.78, 5) is 11.9. The van der Waals surface area contributed by atoms with Crippen molar-refractivity contribution >= 4 is 29.0 Å². The summed E-state index contributed by atoms with van der Waals surface area (Å²) in [5.41, 5.74) is 1.84. The van der Waals surface area contributed by atoms with E-state index in [1.807, 2.05) is 24.3 Å². The van der Waals surface area contributed by atoms with Crippen molar-refractivity contribution in [2.75, 3.05) is 10.6 Å². The minimum absolute atomic E-state index is 0.0266. The zero-order valence-electron chi connectivity index (χ0n) is 12.3. The largest absolute Gasteiger partial charge is 0.323 e. The number of aryl methyl sites for hydroxylation is 1. The Bertz CT molecular complexity index is 623. The van der Waals surface area contributed by atoms with Crippen LogP contribution in [0.2, 0.25) is 5.02 Å². The van der Waals surface area contributed by atoms with Gasteiger partial charge in [0.05, 0.1) is 10.7 Å². The summed E-state index contributed by atoms with van der Waals surface area (Å²) in [5, 5.41) is 5.23. The highest BCUT2D eigenvalue weighted by Crippen LogP contribution is 2.24. The van der Waals surface area contributed by atoms with Gasteiger partial charge in [-0.3, -0.25) is 0 Å². The number of unbranched alkanes of at least 4 members (excludes halogenated alkanes) is 1. The molecule has 0 atom stereocenters. The molecule has 116 valence electrons. The van der Waals surface area contributed by atoms with E-state index in [9.17, 15) is 9.18 Å². The van der Waals surface area contributed by atoms with Crippen LogP contribution in [0.3, 0.4) is 0 Å². The van der Waals surface area contributed by atoms with Crippen LogP contribution in [0.1, 0.15) is 25.3 Å². The lowest BCUT2D eigenvalue weighted by atomic mass is 10.1. The van der Waals surface area contributed by atoms with Crippen molar-refractivity contribution in [3.63, 3.8) is 0 Å². The second-order valence-corrected chi connectivity index (χ2v) is 5.38. The fourth-order valence-electron chi connectivity index (χ4n) is 2.03. The lowest BCUT2D eigenvalue weighted by Crippen LogP contribution is -2.20. The molecule has 22 heavy (non-hydrogen) atoms. The van der Waals surface area contributed by atoms with Gasteiger partial charge >= 0.3 is 6.03 Å². The van der Waals surface area contributed by atoms with Gasteiger partial charge in [0.2, 0.25) is 0 Å². The van der Waals surface area contributed by atoms with Gasteiger partial charge in [-0.2, -0.15) is 0 Å². The predicted octanol–water partition coefficient (Wildman–Crippen LogP) is 5.47. The first-order valence-corrected chi connectivity index (χ1v) is 7.59. The van der Waals surface area contributed by atoms with E-state index in [2.05, 4.69) is 17.6 Å². The topological polar surface area (TPSA) is 41.1 Å². The van der Waals surface area contributed by atoms with Crippen molar-refractivity contribution in [1.29, 1.82) is 0 Å². The molecule has 0 radical (unpaired) electrons. The Morgan fingerprint density at radius 3 is 2.50 bits per heavy atom. The quantitative estimate of drug-likeness (QED) is 0.754. The van der Waals surface area contributed by atoms with E-state index < -0.39 is 11.8 Å². The van der Waals surface area contributed by atoms with Crippen LogP contribution in [0.15, 0.2) is 42.5 Å². The molecule has 0 saturated carbocycles. The molecule has 2 rings (SSSR count). The van der Waals surface area contributed by atoms with Gasteiger partial charge in [-0.1, -0.05) is 43.1 Å². The minimum atomic E-state index is -0.572. The maximum atomic E-state index is 13.6. The highest BCUT2D eigenvalue weighted by Gasteiger charge is 2.10. The van der Waals surface area contributed by atoms with Crippen LogP contribution >= 0.6 is 11.6 Å². The highest BCUT2D eigenvalue weighted by molar-refractivity contribution is 6.33. The fourth-order valence-corrected chi connectivity index (χ4v) is 2.24. The minimum Gasteiger partial charge on any atom is -0.308 e. The molecule has 5 heteroatoms. The van der Waals surface area contributed by atoms with Crippen LogP contribution < -0.4 is 10.6 Å². The fraction of sp³-hybridized carbons (Fsp3) is 0.235. The summed E-state index contributed by atoms with van der Waals surface area (Å²) in [5.74, 6) is -0.572. The number of para-hydroxylation sites is 1. The Morgan fingerprint density at radius 1 is 1.14 bits per heavy atom. The number of carbonyl (C=O) groups is 1. The molecule has 3 nitrogen and oxygen atoms in total. The standard InChI is InChI=1S/C17H18ClFN2O/c1-2-3-5-12-8-10-13(11-9-12)20-17(22)21-16-14(18)6-4-7-15(16)19/h4,6-11H,2-3,5H2,1H3,(H2,20,21,22). The summed E-state index contributed by atoms with van der Waals surface area (Å²) >= 11 is 5.86. The summed E-state index contributed by atoms with van der Waals surface area (Å²) in [6.07, 6.45) is 3.30. The Morgan fingerprint density at radius 2 is 1.86 bits per heavy atom. The van der Waals surface area contributed by atoms with Crippen LogP contribution in [-0.4, -0.2) is 6.03 Å². The van der Waals surface area contributed by atoms with Crippen LogP contribution in [0.5, 0.6) is 0 Å². The van der Waals surface area contributed by atoms with E-state index in [0.29, 0.717) is 5.69 Å². The number of halogens is 2. The van der Waals surface area contributed by atoms with Gasteiger partial charge in [-0.05, 0) is 42.7 Å².